The number of nitrogens with two attached hydrogens (primary N) is 1. The fourth-order valence-corrected chi connectivity index (χ4v) is 2.58. The summed E-state index contributed by atoms with van der Waals surface area (Å²) in [6.45, 7) is 7.18. The highest BCUT2D eigenvalue weighted by Crippen LogP contribution is 2.18. The van der Waals surface area contributed by atoms with Crippen LogP contribution in [0.1, 0.15) is 25.3 Å². The van der Waals surface area contributed by atoms with Crippen LogP contribution in [0.4, 0.5) is 0 Å². The van der Waals surface area contributed by atoms with Gasteiger partial charge in [-0.25, -0.2) is 0 Å². The first-order valence-electron chi connectivity index (χ1n) is 6.85. The zero-order chi connectivity index (χ0) is 13.0. The van der Waals surface area contributed by atoms with Gasteiger partial charge in [-0.2, -0.15) is 0 Å². The highest BCUT2D eigenvalue weighted by atomic mass is 16.5. The number of aryl methyl sites for hydroxylation is 1. The fourth-order valence-electron chi connectivity index (χ4n) is 2.58. The van der Waals surface area contributed by atoms with Gasteiger partial charge in [-0.15, -0.1) is 0 Å². The van der Waals surface area contributed by atoms with E-state index in [0.717, 1.165) is 38.3 Å². The van der Waals surface area contributed by atoms with Crippen molar-refractivity contribution in [2.75, 3.05) is 19.7 Å². The number of hydrogen-bond donors (Lipinski definition) is 1. The van der Waals surface area contributed by atoms with Gasteiger partial charge in [-0.3, -0.25) is 4.90 Å². The molecule has 1 aromatic carbocycles. The van der Waals surface area contributed by atoms with Crippen molar-refractivity contribution in [2.24, 2.45) is 5.73 Å². The van der Waals surface area contributed by atoms with Crippen LogP contribution < -0.4 is 10.5 Å². The second-order valence-electron chi connectivity index (χ2n) is 5.28. The van der Waals surface area contributed by atoms with E-state index >= 15 is 0 Å². The number of benzene rings is 1. The first-order chi connectivity index (χ1) is 8.66. The van der Waals surface area contributed by atoms with Gasteiger partial charge in [0.15, 0.2) is 0 Å². The molecule has 18 heavy (non-hydrogen) atoms. The molecule has 0 aromatic heterocycles. The van der Waals surface area contributed by atoms with Crippen molar-refractivity contribution < 1.29 is 4.74 Å². The van der Waals surface area contributed by atoms with Gasteiger partial charge in [0.05, 0.1) is 0 Å². The average molecular weight is 248 g/mol. The topological polar surface area (TPSA) is 38.5 Å². The third kappa shape index (κ3) is 3.47. The minimum Gasteiger partial charge on any atom is -0.492 e. The lowest BCUT2D eigenvalue weighted by molar-refractivity contribution is 0.123. The Bertz CT molecular complexity index is 381. The molecule has 2 N–H and O–H groups in total. The van der Waals surface area contributed by atoms with E-state index in [2.05, 4.69) is 24.8 Å². The van der Waals surface area contributed by atoms with Gasteiger partial charge in [0.1, 0.15) is 12.4 Å². The number of likely N-dealkylation sites (tertiary alicyclic amines) is 1. The van der Waals surface area contributed by atoms with E-state index < -0.39 is 0 Å². The SMILES string of the molecule is Cc1ccccc1OCCN1CCC(N)CC1C. The lowest BCUT2D eigenvalue weighted by atomic mass is 9.99. The van der Waals surface area contributed by atoms with E-state index in [1.807, 2.05) is 18.2 Å². The third-order valence-corrected chi connectivity index (χ3v) is 3.78. The molecule has 1 fully saturated rings. The molecule has 3 nitrogen and oxygen atoms in total. The molecular formula is C15H24N2O. The Morgan fingerprint density at radius 1 is 1.39 bits per heavy atom. The summed E-state index contributed by atoms with van der Waals surface area (Å²) in [5.74, 6) is 0.999. The molecule has 0 saturated carbocycles. The Morgan fingerprint density at radius 3 is 2.89 bits per heavy atom. The summed E-state index contributed by atoms with van der Waals surface area (Å²) in [5.41, 5.74) is 7.17. The molecule has 100 valence electrons. The molecule has 1 heterocycles. The predicted octanol–water partition coefficient (Wildman–Crippen LogP) is 2.19. The van der Waals surface area contributed by atoms with E-state index in [9.17, 15) is 0 Å². The molecule has 2 atom stereocenters. The smallest absolute Gasteiger partial charge is 0.122 e. The molecule has 0 bridgehead atoms. The number of rotatable bonds is 4. The van der Waals surface area contributed by atoms with Gasteiger partial charge in [0, 0.05) is 25.2 Å². The number of nitrogens with zero attached hydrogens (tertiary/aromatic N) is 1. The second kappa shape index (κ2) is 6.21. The monoisotopic (exact) mass is 248 g/mol. The Hall–Kier alpha value is -1.06. The van der Waals surface area contributed by atoms with Gasteiger partial charge < -0.3 is 10.5 Å². The van der Waals surface area contributed by atoms with Crippen LogP contribution in [0, 0.1) is 6.92 Å². The maximum atomic E-state index is 5.97. The van der Waals surface area contributed by atoms with Crippen LogP contribution in [-0.4, -0.2) is 36.7 Å². The molecular weight excluding hydrogens is 224 g/mol. The largest absolute Gasteiger partial charge is 0.492 e. The van der Waals surface area contributed by atoms with E-state index in [1.165, 1.54) is 5.56 Å². The van der Waals surface area contributed by atoms with Crippen LogP contribution in [0.3, 0.4) is 0 Å². The highest BCUT2D eigenvalue weighted by molar-refractivity contribution is 5.31. The Balaban J connectivity index is 1.77. The molecule has 3 heteroatoms. The molecule has 2 unspecified atom stereocenters. The zero-order valence-corrected chi connectivity index (χ0v) is 11.4. The summed E-state index contributed by atoms with van der Waals surface area (Å²) >= 11 is 0. The normalized spacial score (nSPS) is 25.1. The van der Waals surface area contributed by atoms with Gasteiger partial charge in [0.2, 0.25) is 0 Å². The van der Waals surface area contributed by atoms with E-state index in [4.69, 9.17) is 10.5 Å². The zero-order valence-electron chi connectivity index (χ0n) is 11.4. The molecule has 2 rings (SSSR count). The van der Waals surface area contributed by atoms with Crippen molar-refractivity contribution in [1.29, 1.82) is 0 Å². The van der Waals surface area contributed by atoms with Crippen molar-refractivity contribution >= 4 is 0 Å². The summed E-state index contributed by atoms with van der Waals surface area (Å²) in [6.07, 6.45) is 2.21. The quantitative estimate of drug-likeness (QED) is 0.887. The molecule has 0 amide bonds. The van der Waals surface area contributed by atoms with E-state index in [1.54, 1.807) is 0 Å². The first kappa shape index (κ1) is 13.4. The predicted molar refractivity (Wildman–Crippen MR) is 74.9 cm³/mol. The maximum absolute atomic E-state index is 5.97. The van der Waals surface area contributed by atoms with Gasteiger partial charge in [-0.1, -0.05) is 18.2 Å². The van der Waals surface area contributed by atoms with Gasteiger partial charge in [0.25, 0.3) is 0 Å². The van der Waals surface area contributed by atoms with Crippen molar-refractivity contribution in [1.82, 2.24) is 4.90 Å². The average Bonchev–Trinajstić information content (AvgIpc) is 2.34. The van der Waals surface area contributed by atoms with Crippen molar-refractivity contribution in [3.63, 3.8) is 0 Å². The Kier molecular flexibility index (Phi) is 4.61. The molecule has 0 radical (unpaired) electrons. The lowest BCUT2D eigenvalue weighted by Crippen LogP contribution is -2.46. The second-order valence-corrected chi connectivity index (χ2v) is 5.28. The minimum absolute atomic E-state index is 0.383. The molecule has 0 aliphatic carbocycles. The van der Waals surface area contributed by atoms with Gasteiger partial charge in [-0.05, 0) is 38.3 Å². The van der Waals surface area contributed by atoms with Crippen molar-refractivity contribution in [3.8, 4) is 5.75 Å². The van der Waals surface area contributed by atoms with Crippen molar-refractivity contribution in [2.45, 2.75) is 38.8 Å². The summed E-state index contributed by atoms with van der Waals surface area (Å²) < 4.78 is 5.84. The van der Waals surface area contributed by atoms with Crippen LogP contribution in [0.2, 0.25) is 0 Å². The summed E-state index contributed by atoms with van der Waals surface area (Å²) in [4.78, 5) is 2.47. The molecule has 1 aliphatic rings. The van der Waals surface area contributed by atoms with Crippen LogP contribution in [0.5, 0.6) is 5.75 Å². The summed E-state index contributed by atoms with van der Waals surface area (Å²) in [5, 5.41) is 0. The minimum atomic E-state index is 0.383. The van der Waals surface area contributed by atoms with Crippen LogP contribution in [0.25, 0.3) is 0 Å². The van der Waals surface area contributed by atoms with Crippen LogP contribution >= 0.6 is 0 Å². The number of piperidine rings is 1. The number of hydrogen-bond acceptors (Lipinski definition) is 3. The highest BCUT2D eigenvalue weighted by Gasteiger charge is 2.22. The summed E-state index contributed by atoms with van der Waals surface area (Å²) in [6, 6.07) is 9.13. The van der Waals surface area contributed by atoms with Crippen LogP contribution in [-0.2, 0) is 0 Å². The van der Waals surface area contributed by atoms with Crippen molar-refractivity contribution in [3.05, 3.63) is 29.8 Å². The lowest BCUT2D eigenvalue weighted by Gasteiger charge is -2.36. The standard InChI is InChI=1S/C15H24N2O/c1-12-5-3-4-6-15(12)18-10-9-17-8-7-14(16)11-13(17)2/h3-6,13-14H,7-11,16H2,1-2H3. The van der Waals surface area contributed by atoms with Gasteiger partial charge >= 0.3 is 0 Å². The molecule has 0 spiro atoms. The first-order valence-corrected chi connectivity index (χ1v) is 6.85. The maximum Gasteiger partial charge on any atom is 0.122 e. The molecule has 1 aromatic rings. The fraction of sp³-hybridized carbons (Fsp3) is 0.600. The molecule has 1 aliphatic heterocycles. The number of ether oxygens (including phenoxy) is 1. The summed E-state index contributed by atoms with van der Waals surface area (Å²) in [7, 11) is 0. The van der Waals surface area contributed by atoms with E-state index in [-0.39, 0.29) is 0 Å². The third-order valence-electron chi connectivity index (χ3n) is 3.78. The van der Waals surface area contributed by atoms with E-state index in [0.29, 0.717) is 12.1 Å². The van der Waals surface area contributed by atoms with Crippen LogP contribution in [0.15, 0.2) is 24.3 Å². The molecule has 1 saturated heterocycles. The Morgan fingerprint density at radius 2 is 2.17 bits per heavy atom. The number of para-hydroxylation sites is 1. The Labute approximate surface area is 110 Å².